The maximum Gasteiger partial charge on any atom is 0.257 e. The van der Waals surface area contributed by atoms with Crippen LogP contribution in [0.5, 0.6) is 11.5 Å². The number of amides is 3. The standard InChI is InChI=1S/C30H32N2O5/c1-19(2)22-10-13-24(14-11-22)32-28(33)17-25(30(32)35)31(18-21-8-6-20(3)7-9-21)29(34)23-12-15-26(36-4)27(16-23)37-5/h6-16,19,25H,17-18H2,1-5H3. The van der Waals surface area contributed by atoms with Crippen LogP contribution in [-0.4, -0.2) is 42.9 Å². The maximum atomic E-state index is 13.8. The van der Waals surface area contributed by atoms with Gasteiger partial charge in [0, 0.05) is 12.1 Å². The van der Waals surface area contributed by atoms with Gasteiger partial charge in [-0.05, 0) is 54.3 Å². The third-order valence-corrected chi connectivity index (χ3v) is 6.68. The molecule has 7 heteroatoms. The first-order valence-electron chi connectivity index (χ1n) is 12.3. The van der Waals surface area contributed by atoms with Gasteiger partial charge in [0.05, 0.1) is 26.3 Å². The van der Waals surface area contributed by atoms with Crippen LogP contribution >= 0.6 is 0 Å². The van der Waals surface area contributed by atoms with Crippen LogP contribution in [0.2, 0.25) is 0 Å². The van der Waals surface area contributed by atoms with E-state index in [0.717, 1.165) is 16.7 Å². The minimum atomic E-state index is -0.931. The SMILES string of the molecule is COc1ccc(C(=O)N(Cc2ccc(C)cc2)C2CC(=O)N(c3ccc(C(C)C)cc3)C2=O)cc1OC. The van der Waals surface area contributed by atoms with Gasteiger partial charge in [0.2, 0.25) is 5.91 Å². The van der Waals surface area contributed by atoms with Crippen molar-refractivity contribution in [2.24, 2.45) is 0 Å². The van der Waals surface area contributed by atoms with E-state index in [1.807, 2.05) is 43.3 Å². The van der Waals surface area contributed by atoms with Crippen molar-refractivity contribution in [3.8, 4) is 11.5 Å². The number of aryl methyl sites for hydroxylation is 1. The number of carbonyl (C=O) groups is 3. The quantitative estimate of drug-likeness (QED) is 0.402. The van der Waals surface area contributed by atoms with Crippen molar-refractivity contribution < 1.29 is 23.9 Å². The third-order valence-electron chi connectivity index (χ3n) is 6.68. The molecule has 1 fully saturated rings. The number of anilines is 1. The molecule has 1 aliphatic heterocycles. The van der Waals surface area contributed by atoms with E-state index in [9.17, 15) is 14.4 Å². The molecule has 1 saturated heterocycles. The molecular weight excluding hydrogens is 468 g/mol. The molecule has 0 aromatic heterocycles. The normalized spacial score (nSPS) is 15.3. The summed E-state index contributed by atoms with van der Waals surface area (Å²) in [5.41, 5.74) is 3.91. The van der Waals surface area contributed by atoms with Gasteiger partial charge in [-0.25, -0.2) is 4.90 Å². The smallest absolute Gasteiger partial charge is 0.257 e. The van der Waals surface area contributed by atoms with Gasteiger partial charge in [-0.15, -0.1) is 0 Å². The van der Waals surface area contributed by atoms with Crippen molar-refractivity contribution in [1.82, 2.24) is 4.90 Å². The molecule has 37 heavy (non-hydrogen) atoms. The predicted octanol–water partition coefficient (Wildman–Crippen LogP) is 5.11. The predicted molar refractivity (Wildman–Crippen MR) is 142 cm³/mol. The van der Waals surface area contributed by atoms with Gasteiger partial charge in [0.15, 0.2) is 11.5 Å². The zero-order chi connectivity index (χ0) is 26.7. The summed E-state index contributed by atoms with van der Waals surface area (Å²) in [4.78, 5) is 43.2. The molecule has 192 valence electrons. The number of benzene rings is 3. The van der Waals surface area contributed by atoms with Gasteiger partial charge in [0.1, 0.15) is 6.04 Å². The molecule has 1 unspecified atom stereocenters. The van der Waals surface area contributed by atoms with E-state index in [-0.39, 0.29) is 24.8 Å². The van der Waals surface area contributed by atoms with Crippen LogP contribution < -0.4 is 14.4 Å². The van der Waals surface area contributed by atoms with Gasteiger partial charge >= 0.3 is 0 Å². The molecule has 0 bridgehead atoms. The van der Waals surface area contributed by atoms with Crippen LogP contribution in [0.25, 0.3) is 0 Å². The van der Waals surface area contributed by atoms with Gasteiger partial charge < -0.3 is 14.4 Å². The van der Waals surface area contributed by atoms with Crippen LogP contribution in [0.15, 0.2) is 66.7 Å². The van der Waals surface area contributed by atoms with Crippen LogP contribution in [0.3, 0.4) is 0 Å². The highest BCUT2D eigenvalue weighted by atomic mass is 16.5. The van der Waals surface area contributed by atoms with Crippen molar-refractivity contribution in [2.75, 3.05) is 19.1 Å². The number of rotatable bonds is 8. The van der Waals surface area contributed by atoms with Crippen LogP contribution in [-0.2, 0) is 16.1 Å². The van der Waals surface area contributed by atoms with Crippen LogP contribution in [0.4, 0.5) is 5.69 Å². The van der Waals surface area contributed by atoms with Gasteiger partial charge in [0.25, 0.3) is 11.8 Å². The topological polar surface area (TPSA) is 76.2 Å². The van der Waals surface area contributed by atoms with Crippen molar-refractivity contribution in [1.29, 1.82) is 0 Å². The first-order valence-corrected chi connectivity index (χ1v) is 12.3. The van der Waals surface area contributed by atoms with Crippen molar-refractivity contribution >= 4 is 23.4 Å². The lowest BCUT2D eigenvalue weighted by atomic mass is 10.0. The fraction of sp³-hybridized carbons (Fsp3) is 0.300. The number of nitrogens with zero attached hydrogens (tertiary/aromatic N) is 2. The largest absolute Gasteiger partial charge is 0.493 e. The number of carbonyl (C=O) groups excluding carboxylic acids is 3. The minimum Gasteiger partial charge on any atom is -0.493 e. The monoisotopic (exact) mass is 500 g/mol. The molecule has 0 spiro atoms. The zero-order valence-corrected chi connectivity index (χ0v) is 21.9. The lowest BCUT2D eigenvalue weighted by Gasteiger charge is -2.28. The number of methoxy groups -OCH3 is 2. The highest BCUT2D eigenvalue weighted by Crippen LogP contribution is 2.31. The van der Waals surface area contributed by atoms with Gasteiger partial charge in [-0.3, -0.25) is 14.4 Å². The summed E-state index contributed by atoms with van der Waals surface area (Å²) in [6.07, 6.45) is -0.0876. The summed E-state index contributed by atoms with van der Waals surface area (Å²) in [5.74, 6) is 0.113. The molecule has 3 aromatic rings. The summed E-state index contributed by atoms with van der Waals surface area (Å²) < 4.78 is 10.7. The first-order chi connectivity index (χ1) is 17.7. The lowest BCUT2D eigenvalue weighted by molar-refractivity contribution is -0.122. The van der Waals surface area contributed by atoms with E-state index in [1.165, 1.54) is 24.0 Å². The number of ether oxygens (including phenoxy) is 2. The Kier molecular flexibility index (Phi) is 7.62. The number of hydrogen-bond acceptors (Lipinski definition) is 5. The number of imide groups is 1. The molecule has 0 N–H and O–H groups in total. The fourth-order valence-corrected chi connectivity index (χ4v) is 4.49. The highest BCUT2D eigenvalue weighted by Gasteiger charge is 2.44. The molecule has 3 amide bonds. The average Bonchev–Trinajstić information content (AvgIpc) is 3.20. The molecule has 1 heterocycles. The fourth-order valence-electron chi connectivity index (χ4n) is 4.49. The summed E-state index contributed by atoms with van der Waals surface area (Å²) in [6, 6.07) is 19.1. The van der Waals surface area contributed by atoms with Crippen molar-refractivity contribution in [2.45, 2.75) is 45.7 Å². The average molecular weight is 501 g/mol. The van der Waals surface area contributed by atoms with Gasteiger partial charge in [-0.1, -0.05) is 55.8 Å². The lowest BCUT2D eigenvalue weighted by Crippen LogP contribution is -2.45. The van der Waals surface area contributed by atoms with E-state index < -0.39 is 11.9 Å². The van der Waals surface area contributed by atoms with Crippen LogP contribution in [0.1, 0.15) is 53.2 Å². The molecule has 3 aromatic carbocycles. The Balaban J connectivity index is 1.69. The van der Waals surface area contributed by atoms with Crippen molar-refractivity contribution in [3.05, 3.63) is 89.0 Å². The number of hydrogen-bond donors (Lipinski definition) is 0. The van der Waals surface area contributed by atoms with E-state index in [0.29, 0.717) is 28.7 Å². The second kappa shape index (κ2) is 10.9. The first kappa shape index (κ1) is 25.9. The van der Waals surface area contributed by atoms with E-state index in [1.54, 1.807) is 30.3 Å². The minimum absolute atomic E-state index is 0.0876. The Bertz CT molecular complexity index is 1300. The second-order valence-corrected chi connectivity index (χ2v) is 9.52. The molecule has 0 aliphatic carbocycles. The Morgan fingerprint density at radius 3 is 2.19 bits per heavy atom. The highest BCUT2D eigenvalue weighted by molar-refractivity contribution is 6.23. The molecule has 4 rings (SSSR count). The maximum absolute atomic E-state index is 13.8. The molecular formula is C30H32N2O5. The van der Waals surface area contributed by atoms with E-state index in [4.69, 9.17) is 9.47 Å². The molecule has 0 saturated carbocycles. The third kappa shape index (κ3) is 5.35. The Hall–Kier alpha value is -4.13. The van der Waals surface area contributed by atoms with Crippen LogP contribution in [0, 0.1) is 6.92 Å². The second-order valence-electron chi connectivity index (χ2n) is 9.52. The Morgan fingerprint density at radius 1 is 0.946 bits per heavy atom. The molecule has 1 aliphatic rings. The van der Waals surface area contributed by atoms with Crippen molar-refractivity contribution in [3.63, 3.8) is 0 Å². The molecule has 7 nitrogen and oxygen atoms in total. The van der Waals surface area contributed by atoms with E-state index >= 15 is 0 Å². The van der Waals surface area contributed by atoms with Gasteiger partial charge in [-0.2, -0.15) is 0 Å². The summed E-state index contributed by atoms with van der Waals surface area (Å²) >= 11 is 0. The zero-order valence-electron chi connectivity index (χ0n) is 21.9. The Morgan fingerprint density at radius 2 is 1.59 bits per heavy atom. The Labute approximate surface area is 217 Å². The summed E-state index contributed by atoms with van der Waals surface area (Å²) in [5, 5.41) is 0. The summed E-state index contributed by atoms with van der Waals surface area (Å²) in [6.45, 7) is 6.33. The van der Waals surface area contributed by atoms with E-state index in [2.05, 4.69) is 13.8 Å². The summed E-state index contributed by atoms with van der Waals surface area (Å²) in [7, 11) is 3.02. The molecule has 1 atom stereocenters. The molecule has 0 radical (unpaired) electrons.